The molecule has 0 radical (unpaired) electrons. The second-order valence-corrected chi connectivity index (χ2v) is 10.8. The molecule has 0 saturated heterocycles. The highest BCUT2D eigenvalue weighted by Crippen LogP contribution is 2.38. The Bertz CT molecular complexity index is 2090. The zero-order chi connectivity index (χ0) is 30.6. The third-order valence-electron chi connectivity index (χ3n) is 7.91. The van der Waals surface area contributed by atoms with Crippen LogP contribution >= 0.6 is 0 Å². The largest absolute Gasteiger partial charge is 0.355 e. The third kappa shape index (κ3) is 6.01. The summed E-state index contributed by atoms with van der Waals surface area (Å²) in [5.41, 5.74) is 9.36. The lowest BCUT2D eigenvalue weighted by molar-refractivity contribution is -0.384. The van der Waals surface area contributed by atoms with Crippen LogP contribution in [0.1, 0.15) is 0 Å². The van der Waals surface area contributed by atoms with Gasteiger partial charge in [-0.1, -0.05) is 103 Å². The van der Waals surface area contributed by atoms with E-state index in [9.17, 15) is 10.1 Å². The molecule has 7 aromatic carbocycles. The second kappa shape index (κ2) is 12.2. The molecule has 0 aliphatic heterocycles. The van der Waals surface area contributed by atoms with Crippen molar-refractivity contribution in [3.63, 3.8) is 0 Å². The van der Waals surface area contributed by atoms with Crippen LogP contribution in [0.25, 0.3) is 33.0 Å². The highest BCUT2D eigenvalue weighted by atomic mass is 16.6. The van der Waals surface area contributed by atoms with Gasteiger partial charge in [0.2, 0.25) is 0 Å². The summed E-state index contributed by atoms with van der Waals surface area (Å²) in [6.07, 6.45) is 0. The molecule has 5 nitrogen and oxygen atoms in total. The van der Waals surface area contributed by atoms with Gasteiger partial charge in [-0.05, 0) is 87.6 Å². The number of fused-ring (bicyclic) bond motifs is 1. The summed E-state index contributed by atoms with van der Waals surface area (Å²) < 4.78 is 0. The van der Waals surface area contributed by atoms with Crippen molar-refractivity contribution in [2.45, 2.75) is 0 Å². The van der Waals surface area contributed by atoms with Gasteiger partial charge >= 0.3 is 0 Å². The summed E-state index contributed by atoms with van der Waals surface area (Å²) in [6.45, 7) is 0. The molecule has 0 aliphatic carbocycles. The maximum Gasteiger partial charge on any atom is 0.271 e. The number of benzene rings is 7. The number of non-ortho nitro benzene ring substituents is 1. The number of hydrogen-bond acceptors (Lipinski definition) is 4. The van der Waals surface area contributed by atoms with Crippen molar-refractivity contribution < 1.29 is 4.92 Å². The molecular formula is C40H29N3O2. The molecular weight excluding hydrogens is 554 g/mol. The summed E-state index contributed by atoms with van der Waals surface area (Å²) in [7, 11) is 0. The van der Waals surface area contributed by atoms with E-state index in [1.54, 1.807) is 6.07 Å². The summed E-state index contributed by atoms with van der Waals surface area (Å²) >= 11 is 0. The zero-order valence-corrected chi connectivity index (χ0v) is 24.4. The Balaban J connectivity index is 1.18. The minimum Gasteiger partial charge on any atom is -0.355 e. The Hall–Kier alpha value is -6.20. The number of hydrogen-bond donors (Lipinski definition) is 1. The molecule has 0 fully saturated rings. The SMILES string of the molecule is O=[N+]([O-])c1cccc(Nc2ccc(-c3ccc(N(c4ccc(-c5ccccc5)cc4)c4ccc5ccccc5c4)cc3)cc2)c1. The topological polar surface area (TPSA) is 58.4 Å². The molecule has 0 heterocycles. The smallest absolute Gasteiger partial charge is 0.271 e. The van der Waals surface area contributed by atoms with E-state index in [0.717, 1.165) is 33.9 Å². The van der Waals surface area contributed by atoms with Crippen LogP contribution in [0.2, 0.25) is 0 Å². The standard InChI is InChI=1S/C40H29N3O2/c44-43(45)40-12-6-11-36(28-40)41-35-20-13-31(14-21-35)33-17-24-38(25-18-33)42(39-26-19-30-9-4-5-10-34(30)27-39)37-22-15-32(16-23-37)29-7-2-1-3-8-29/h1-28,41H. The Morgan fingerprint density at radius 2 is 0.978 bits per heavy atom. The van der Waals surface area contributed by atoms with Crippen LogP contribution in [0.15, 0.2) is 170 Å². The molecule has 0 unspecified atom stereocenters. The minimum atomic E-state index is -0.390. The molecule has 0 aromatic heterocycles. The van der Waals surface area contributed by atoms with Gasteiger partial charge < -0.3 is 10.2 Å². The zero-order valence-electron chi connectivity index (χ0n) is 24.4. The van der Waals surface area contributed by atoms with Crippen molar-refractivity contribution in [1.82, 2.24) is 0 Å². The van der Waals surface area contributed by atoms with Gasteiger partial charge in [0.15, 0.2) is 0 Å². The Kier molecular flexibility index (Phi) is 7.48. The Labute approximate surface area is 261 Å². The van der Waals surface area contributed by atoms with Gasteiger partial charge in [-0.2, -0.15) is 0 Å². The second-order valence-electron chi connectivity index (χ2n) is 10.8. The van der Waals surface area contributed by atoms with Crippen LogP contribution in [0.3, 0.4) is 0 Å². The first-order valence-electron chi connectivity index (χ1n) is 14.8. The molecule has 0 amide bonds. The van der Waals surface area contributed by atoms with E-state index in [0.29, 0.717) is 5.69 Å². The summed E-state index contributed by atoms with van der Waals surface area (Å²) in [5.74, 6) is 0. The van der Waals surface area contributed by atoms with Crippen LogP contribution in [0.4, 0.5) is 34.1 Å². The summed E-state index contributed by atoms with van der Waals surface area (Å²) in [4.78, 5) is 13.0. The number of nitrogens with one attached hydrogen (secondary N) is 1. The number of nitrogens with zero attached hydrogens (tertiary/aromatic N) is 2. The maximum absolute atomic E-state index is 11.1. The van der Waals surface area contributed by atoms with Crippen molar-refractivity contribution >= 4 is 44.9 Å². The molecule has 0 aliphatic rings. The number of rotatable bonds is 8. The fraction of sp³-hybridized carbons (Fsp3) is 0. The van der Waals surface area contributed by atoms with Crippen molar-refractivity contribution in [1.29, 1.82) is 0 Å². The third-order valence-corrected chi connectivity index (χ3v) is 7.91. The van der Waals surface area contributed by atoms with Crippen LogP contribution in [-0.2, 0) is 0 Å². The van der Waals surface area contributed by atoms with Gasteiger partial charge in [0, 0.05) is 40.6 Å². The molecule has 7 aromatic rings. The normalized spacial score (nSPS) is 10.8. The predicted molar refractivity (Wildman–Crippen MR) is 186 cm³/mol. The molecule has 216 valence electrons. The van der Waals surface area contributed by atoms with E-state index in [-0.39, 0.29) is 5.69 Å². The van der Waals surface area contributed by atoms with E-state index in [1.165, 1.54) is 34.0 Å². The first kappa shape index (κ1) is 27.6. The van der Waals surface area contributed by atoms with Crippen LogP contribution in [-0.4, -0.2) is 4.92 Å². The lowest BCUT2D eigenvalue weighted by Crippen LogP contribution is -2.09. The molecule has 0 bridgehead atoms. The van der Waals surface area contributed by atoms with Gasteiger partial charge in [0.05, 0.1) is 4.92 Å². The fourth-order valence-electron chi connectivity index (χ4n) is 5.61. The van der Waals surface area contributed by atoms with Gasteiger partial charge in [0.25, 0.3) is 5.69 Å². The Morgan fingerprint density at radius 3 is 1.60 bits per heavy atom. The van der Waals surface area contributed by atoms with Crippen molar-refractivity contribution in [2.75, 3.05) is 10.2 Å². The highest BCUT2D eigenvalue weighted by Gasteiger charge is 2.14. The van der Waals surface area contributed by atoms with Crippen LogP contribution in [0, 0.1) is 10.1 Å². The van der Waals surface area contributed by atoms with Crippen LogP contribution in [0.5, 0.6) is 0 Å². The quantitative estimate of drug-likeness (QED) is 0.143. The number of anilines is 5. The molecule has 0 saturated carbocycles. The van der Waals surface area contributed by atoms with Crippen molar-refractivity contribution in [2.24, 2.45) is 0 Å². The summed E-state index contributed by atoms with van der Waals surface area (Å²) in [5, 5.41) is 16.8. The summed E-state index contributed by atoms with van der Waals surface area (Å²) in [6, 6.07) is 57.3. The first-order valence-corrected chi connectivity index (χ1v) is 14.8. The molecule has 0 atom stereocenters. The average molecular weight is 584 g/mol. The Morgan fingerprint density at radius 1 is 0.444 bits per heavy atom. The van der Waals surface area contributed by atoms with Gasteiger partial charge in [-0.15, -0.1) is 0 Å². The van der Waals surface area contributed by atoms with E-state index in [2.05, 4.69) is 138 Å². The molecule has 45 heavy (non-hydrogen) atoms. The minimum absolute atomic E-state index is 0.0570. The monoisotopic (exact) mass is 583 g/mol. The molecule has 1 N–H and O–H groups in total. The van der Waals surface area contributed by atoms with E-state index < -0.39 is 4.92 Å². The van der Waals surface area contributed by atoms with E-state index in [1.807, 2.05) is 24.3 Å². The van der Waals surface area contributed by atoms with Crippen LogP contribution < -0.4 is 10.2 Å². The van der Waals surface area contributed by atoms with Gasteiger partial charge in [-0.3, -0.25) is 10.1 Å². The number of nitro groups is 1. The molecule has 7 rings (SSSR count). The predicted octanol–water partition coefficient (Wildman–Crippen LogP) is 11.3. The number of nitro benzene ring substituents is 1. The molecule has 5 heteroatoms. The van der Waals surface area contributed by atoms with Crippen molar-refractivity contribution in [3.05, 3.63) is 180 Å². The van der Waals surface area contributed by atoms with Gasteiger partial charge in [0.1, 0.15) is 0 Å². The highest BCUT2D eigenvalue weighted by molar-refractivity contribution is 5.89. The fourth-order valence-corrected chi connectivity index (χ4v) is 5.61. The van der Waals surface area contributed by atoms with Gasteiger partial charge in [-0.25, -0.2) is 0 Å². The van der Waals surface area contributed by atoms with Crippen molar-refractivity contribution in [3.8, 4) is 22.3 Å². The average Bonchev–Trinajstić information content (AvgIpc) is 3.10. The lowest BCUT2D eigenvalue weighted by Gasteiger charge is -2.26. The lowest BCUT2D eigenvalue weighted by atomic mass is 10.0. The van der Waals surface area contributed by atoms with E-state index in [4.69, 9.17) is 0 Å². The van der Waals surface area contributed by atoms with E-state index >= 15 is 0 Å². The maximum atomic E-state index is 11.1. The molecule has 0 spiro atoms. The first-order chi connectivity index (χ1) is 22.1.